The van der Waals surface area contributed by atoms with Crippen LogP contribution in [0.25, 0.3) is 10.9 Å². The van der Waals surface area contributed by atoms with Gasteiger partial charge >= 0.3 is 5.97 Å². The van der Waals surface area contributed by atoms with Crippen molar-refractivity contribution in [3.8, 4) is 0 Å². The smallest absolute Gasteiger partial charge is 0.379 e. The summed E-state index contributed by atoms with van der Waals surface area (Å²) in [4.78, 5) is 45.1. The minimum absolute atomic E-state index is 0.0478. The number of nitrogens with one attached hydrogen (secondary N) is 1. The Morgan fingerprint density at radius 1 is 1.06 bits per heavy atom. The lowest BCUT2D eigenvalue weighted by molar-refractivity contribution is -0.135. The van der Waals surface area contributed by atoms with Crippen LogP contribution in [-0.2, 0) is 16.1 Å². The van der Waals surface area contributed by atoms with Crippen molar-refractivity contribution < 1.29 is 23.5 Å². The van der Waals surface area contributed by atoms with Gasteiger partial charge in [-0.3, -0.25) is 14.5 Å². The van der Waals surface area contributed by atoms with E-state index in [1.54, 1.807) is 30.3 Å². The molecule has 4 rings (SSSR count). The monoisotopic (exact) mass is 465 g/mol. The lowest BCUT2D eigenvalue weighted by Gasteiger charge is -2.44. The lowest BCUT2D eigenvalue weighted by atomic mass is 10.0. The van der Waals surface area contributed by atoms with E-state index in [1.807, 2.05) is 18.7 Å². The SMILES string of the molecule is COC(=O)C(=O)c1ccc2[nH]c(C)c(C(=O)N3C[C@H](C)N(Cc4ccc(F)cc4)C[C@H]3C)c2c1. The number of H-pyrrole nitrogens is 1. The van der Waals surface area contributed by atoms with Crippen molar-refractivity contribution in [3.63, 3.8) is 0 Å². The van der Waals surface area contributed by atoms with Crippen LogP contribution in [0.5, 0.6) is 0 Å². The van der Waals surface area contributed by atoms with E-state index in [0.717, 1.165) is 18.2 Å². The number of carbonyl (C=O) groups excluding carboxylic acids is 3. The van der Waals surface area contributed by atoms with E-state index in [-0.39, 0.29) is 29.4 Å². The Morgan fingerprint density at radius 2 is 1.76 bits per heavy atom. The quantitative estimate of drug-likeness (QED) is 0.353. The highest BCUT2D eigenvalue weighted by Crippen LogP contribution is 2.28. The highest BCUT2D eigenvalue weighted by molar-refractivity contribution is 6.41. The third-order valence-corrected chi connectivity index (χ3v) is 6.51. The number of aromatic amines is 1. The van der Waals surface area contributed by atoms with Crippen molar-refractivity contribution >= 4 is 28.6 Å². The Bertz CT molecular complexity index is 1250. The summed E-state index contributed by atoms with van der Waals surface area (Å²) in [6, 6.07) is 11.4. The number of hydrogen-bond donors (Lipinski definition) is 1. The van der Waals surface area contributed by atoms with Crippen LogP contribution in [0.4, 0.5) is 4.39 Å². The second-order valence-corrected chi connectivity index (χ2v) is 8.92. The average molecular weight is 466 g/mol. The van der Waals surface area contributed by atoms with Gasteiger partial charge in [0.05, 0.1) is 12.7 Å². The lowest BCUT2D eigenvalue weighted by Crippen LogP contribution is -2.57. The maximum Gasteiger partial charge on any atom is 0.379 e. The highest BCUT2D eigenvalue weighted by atomic mass is 19.1. The number of benzene rings is 2. The number of halogens is 1. The molecule has 1 aromatic heterocycles. The van der Waals surface area contributed by atoms with Gasteiger partial charge in [0.25, 0.3) is 11.7 Å². The van der Waals surface area contributed by atoms with Crippen LogP contribution in [0.1, 0.15) is 45.8 Å². The molecule has 178 valence electrons. The van der Waals surface area contributed by atoms with Crippen LogP contribution in [0.3, 0.4) is 0 Å². The molecule has 0 saturated carbocycles. The number of piperazine rings is 1. The summed E-state index contributed by atoms with van der Waals surface area (Å²) in [6.45, 7) is 7.81. The normalized spacial score (nSPS) is 18.8. The van der Waals surface area contributed by atoms with Crippen LogP contribution in [0.2, 0.25) is 0 Å². The molecular formula is C26H28FN3O4. The number of ketones is 1. The summed E-state index contributed by atoms with van der Waals surface area (Å²) in [6.07, 6.45) is 0. The molecule has 1 N–H and O–H groups in total. The molecule has 34 heavy (non-hydrogen) atoms. The third kappa shape index (κ3) is 4.46. The zero-order valence-electron chi connectivity index (χ0n) is 19.7. The first-order valence-electron chi connectivity index (χ1n) is 11.2. The zero-order chi connectivity index (χ0) is 24.6. The standard InChI is InChI=1S/C26H28FN3O4/c1-15-13-30(16(2)12-29(15)14-18-5-8-20(27)9-6-18)25(32)23-17(3)28-22-10-7-19(11-21(22)23)24(31)26(33)34-4/h5-11,15-16,28H,12-14H2,1-4H3/t15-,16+/m0/s1. The molecule has 0 unspecified atom stereocenters. The number of rotatable bonds is 5. The van der Waals surface area contributed by atoms with Crippen molar-refractivity contribution in [2.45, 2.75) is 39.4 Å². The first-order chi connectivity index (χ1) is 16.2. The molecule has 2 aromatic carbocycles. The van der Waals surface area contributed by atoms with Gasteiger partial charge in [-0.25, -0.2) is 9.18 Å². The van der Waals surface area contributed by atoms with Crippen LogP contribution >= 0.6 is 0 Å². The van der Waals surface area contributed by atoms with Gasteiger partial charge in [-0.2, -0.15) is 0 Å². The molecular weight excluding hydrogens is 437 g/mol. The molecule has 0 spiro atoms. The number of carbonyl (C=O) groups is 3. The number of hydrogen-bond acceptors (Lipinski definition) is 5. The van der Waals surface area contributed by atoms with Gasteiger partial charge in [0.15, 0.2) is 0 Å². The van der Waals surface area contributed by atoms with E-state index in [1.165, 1.54) is 12.1 Å². The first-order valence-corrected chi connectivity index (χ1v) is 11.2. The number of fused-ring (bicyclic) bond motifs is 1. The van der Waals surface area contributed by atoms with E-state index >= 15 is 0 Å². The van der Waals surface area contributed by atoms with Gasteiger partial charge < -0.3 is 14.6 Å². The van der Waals surface area contributed by atoms with E-state index in [9.17, 15) is 18.8 Å². The van der Waals surface area contributed by atoms with E-state index in [0.29, 0.717) is 36.3 Å². The second-order valence-electron chi connectivity index (χ2n) is 8.92. The molecule has 1 saturated heterocycles. The number of aryl methyl sites for hydroxylation is 1. The van der Waals surface area contributed by atoms with Crippen molar-refractivity contribution in [2.24, 2.45) is 0 Å². The van der Waals surface area contributed by atoms with Crippen LogP contribution < -0.4 is 0 Å². The number of nitrogens with zero attached hydrogens (tertiary/aromatic N) is 2. The minimum Gasteiger partial charge on any atom is -0.463 e. The van der Waals surface area contributed by atoms with Crippen molar-refractivity contribution in [2.75, 3.05) is 20.2 Å². The number of aromatic nitrogens is 1. The van der Waals surface area contributed by atoms with Crippen molar-refractivity contribution in [1.82, 2.24) is 14.8 Å². The summed E-state index contributed by atoms with van der Waals surface area (Å²) in [7, 11) is 1.16. The molecule has 8 heteroatoms. The van der Waals surface area contributed by atoms with E-state index in [4.69, 9.17) is 0 Å². The Kier molecular flexibility index (Phi) is 6.52. The summed E-state index contributed by atoms with van der Waals surface area (Å²) in [5.41, 5.74) is 3.13. The number of esters is 1. The zero-order valence-corrected chi connectivity index (χ0v) is 19.7. The minimum atomic E-state index is -0.945. The molecule has 1 aliphatic heterocycles. The first kappa shape index (κ1) is 23.6. The van der Waals surface area contributed by atoms with E-state index in [2.05, 4.69) is 21.5 Å². The Morgan fingerprint density at radius 3 is 2.44 bits per heavy atom. The van der Waals surface area contributed by atoms with E-state index < -0.39 is 11.8 Å². The van der Waals surface area contributed by atoms with Gasteiger partial charge in [-0.1, -0.05) is 12.1 Å². The number of amides is 1. The Hall–Kier alpha value is -3.52. The van der Waals surface area contributed by atoms with Crippen molar-refractivity contribution in [1.29, 1.82) is 0 Å². The van der Waals surface area contributed by atoms with Gasteiger partial charge in [-0.05, 0) is 56.7 Å². The molecule has 0 radical (unpaired) electrons. The molecule has 2 atom stereocenters. The van der Waals surface area contributed by atoms with Gasteiger partial charge in [-0.15, -0.1) is 0 Å². The highest BCUT2D eigenvalue weighted by Gasteiger charge is 2.34. The fourth-order valence-electron chi connectivity index (χ4n) is 4.62. The Labute approximate surface area is 197 Å². The number of methoxy groups -OCH3 is 1. The van der Waals surface area contributed by atoms with Crippen LogP contribution in [0, 0.1) is 12.7 Å². The topological polar surface area (TPSA) is 82.7 Å². The summed E-state index contributed by atoms with van der Waals surface area (Å²) in [5, 5.41) is 0.603. The molecule has 7 nitrogen and oxygen atoms in total. The maximum atomic E-state index is 13.7. The van der Waals surface area contributed by atoms with Gasteiger partial charge in [0, 0.05) is 53.9 Å². The molecule has 1 amide bonds. The van der Waals surface area contributed by atoms with Gasteiger partial charge in [0.1, 0.15) is 5.82 Å². The number of Topliss-reactive ketones (excluding diaryl/α,β-unsaturated/α-hetero) is 1. The fraction of sp³-hybridized carbons (Fsp3) is 0.346. The predicted octanol–water partition coefficient (Wildman–Crippen LogP) is 3.71. The maximum absolute atomic E-state index is 13.7. The number of ether oxygens (including phenoxy) is 1. The fourth-order valence-corrected chi connectivity index (χ4v) is 4.62. The van der Waals surface area contributed by atoms with Crippen molar-refractivity contribution in [3.05, 3.63) is 70.7 Å². The van der Waals surface area contributed by atoms with Crippen LogP contribution in [-0.4, -0.2) is 64.7 Å². The molecule has 0 bridgehead atoms. The second kappa shape index (κ2) is 9.38. The Balaban J connectivity index is 1.58. The molecule has 2 heterocycles. The molecule has 3 aromatic rings. The summed E-state index contributed by atoms with van der Waals surface area (Å²) < 4.78 is 17.8. The molecule has 1 aliphatic rings. The van der Waals surface area contributed by atoms with Crippen LogP contribution in [0.15, 0.2) is 42.5 Å². The molecule has 1 fully saturated rings. The average Bonchev–Trinajstić information content (AvgIpc) is 3.15. The predicted molar refractivity (Wildman–Crippen MR) is 126 cm³/mol. The molecule has 0 aliphatic carbocycles. The summed E-state index contributed by atoms with van der Waals surface area (Å²) in [5.74, 6) is -2.07. The summed E-state index contributed by atoms with van der Waals surface area (Å²) >= 11 is 0. The largest absolute Gasteiger partial charge is 0.463 e. The van der Waals surface area contributed by atoms with Gasteiger partial charge in [0.2, 0.25) is 0 Å². The third-order valence-electron chi connectivity index (χ3n) is 6.51.